The van der Waals surface area contributed by atoms with Gasteiger partial charge in [-0.2, -0.15) is 0 Å². The summed E-state index contributed by atoms with van der Waals surface area (Å²) in [5, 5.41) is 18.9. The third-order valence-corrected chi connectivity index (χ3v) is 7.99. The number of pyridine rings is 1. The molecule has 0 amide bonds. The van der Waals surface area contributed by atoms with Crippen molar-refractivity contribution < 1.29 is 19.2 Å². The first kappa shape index (κ1) is 23.5. The molecule has 9 nitrogen and oxygen atoms in total. The van der Waals surface area contributed by atoms with E-state index in [0.717, 1.165) is 37.7 Å². The van der Waals surface area contributed by atoms with Crippen LogP contribution in [0.15, 0.2) is 36.5 Å². The Balaban J connectivity index is 1.50. The fraction of sp³-hybridized carbons (Fsp3) is 0.538. The van der Waals surface area contributed by atoms with Crippen LogP contribution in [0.4, 0.5) is 17.2 Å². The normalized spacial score (nSPS) is 28.5. The molecule has 4 bridgehead atoms. The van der Waals surface area contributed by atoms with Gasteiger partial charge in [0.05, 0.1) is 17.1 Å². The molecule has 4 aliphatic carbocycles. The molecule has 35 heavy (non-hydrogen) atoms. The van der Waals surface area contributed by atoms with Crippen LogP contribution in [0.25, 0.3) is 0 Å². The van der Waals surface area contributed by atoms with E-state index < -0.39 is 10.9 Å². The molecular weight excluding hydrogens is 448 g/mol. The molecule has 5 atom stereocenters. The number of methoxy groups -OCH3 is 1. The molecule has 0 aliphatic heterocycles. The van der Waals surface area contributed by atoms with Crippen molar-refractivity contribution in [3.8, 4) is 0 Å². The Morgan fingerprint density at radius 3 is 2.54 bits per heavy atom. The number of rotatable bonds is 9. The van der Waals surface area contributed by atoms with E-state index in [-0.39, 0.29) is 41.0 Å². The number of anilines is 2. The largest absolute Gasteiger partial charge is 0.462 e. The summed E-state index contributed by atoms with van der Waals surface area (Å²) in [7, 11) is 1.80. The Hall–Kier alpha value is -3.20. The average Bonchev–Trinajstić information content (AvgIpc) is 2.85. The molecule has 186 valence electrons. The highest BCUT2D eigenvalue weighted by molar-refractivity contribution is 5.99. The Morgan fingerprint density at radius 1 is 1.20 bits per heavy atom. The second-order valence-electron chi connectivity index (χ2n) is 10.1. The summed E-state index contributed by atoms with van der Waals surface area (Å²) in [6.45, 7) is 2.26. The van der Waals surface area contributed by atoms with Gasteiger partial charge in [-0.3, -0.25) is 10.1 Å². The third-order valence-electron chi connectivity index (χ3n) is 7.99. The molecule has 1 aromatic heterocycles. The summed E-state index contributed by atoms with van der Waals surface area (Å²) in [6, 6.07) is 9.64. The number of esters is 1. The minimum absolute atomic E-state index is 0.0334. The molecule has 9 heteroatoms. The van der Waals surface area contributed by atoms with Crippen LogP contribution in [0, 0.1) is 27.9 Å². The first-order valence-electron chi connectivity index (χ1n) is 12.4. The first-order chi connectivity index (χ1) is 16.9. The SMILES string of the molecule is CCOC(=O)c1cnc(NCc2ccccc2)c([N+](=O)[O-])c1NC1[C@@H]2CC3C[C@H]1CC(OC)(C3)C2. The Kier molecular flexibility index (Phi) is 6.35. The fourth-order valence-corrected chi connectivity index (χ4v) is 6.70. The van der Waals surface area contributed by atoms with Crippen LogP contribution in [0.1, 0.15) is 54.9 Å². The van der Waals surface area contributed by atoms with Crippen molar-refractivity contribution in [3.63, 3.8) is 0 Å². The van der Waals surface area contributed by atoms with Crippen molar-refractivity contribution >= 4 is 23.2 Å². The number of hydrogen-bond acceptors (Lipinski definition) is 8. The van der Waals surface area contributed by atoms with Crippen molar-refractivity contribution in [1.29, 1.82) is 0 Å². The van der Waals surface area contributed by atoms with E-state index in [0.29, 0.717) is 24.3 Å². The van der Waals surface area contributed by atoms with Gasteiger partial charge in [0.1, 0.15) is 11.3 Å². The number of nitrogens with one attached hydrogen (secondary N) is 2. The lowest BCUT2D eigenvalue weighted by atomic mass is 9.52. The van der Waals surface area contributed by atoms with Crippen LogP contribution in [0.3, 0.4) is 0 Å². The fourth-order valence-electron chi connectivity index (χ4n) is 6.70. The highest BCUT2D eigenvalue weighted by atomic mass is 16.6. The topological polar surface area (TPSA) is 116 Å². The molecule has 4 saturated carbocycles. The van der Waals surface area contributed by atoms with E-state index in [2.05, 4.69) is 15.6 Å². The van der Waals surface area contributed by atoms with Gasteiger partial charge in [-0.15, -0.1) is 0 Å². The maximum Gasteiger partial charge on any atom is 0.342 e. The van der Waals surface area contributed by atoms with Gasteiger partial charge in [0.2, 0.25) is 5.82 Å². The van der Waals surface area contributed by atoms with Gasteiger partial charge in [0.15, 0.2) is 0 Å². The quantitative estimate of drug-likeness (QED) is 0.299. The highest BCUT2D eigenvalue weighted by Gasteiger charge is 2.56. The minimum Gasteiger partial charge on any atom is -0.462 e. The zero-order valence-corrected chi connectivity index (χ0v) is 20.2. The number of hydrogen-bond donors (Lipinski definition) is 2. The summed E-state index contributed by atoms with van der Waals surface area (Å²) >= 11 is 0. The van der Waals surface area contributed by atoms with Crippen molar-refractivity contribution in [2.75, 3.05) is 24.4 Å². The monoisotopic (exact) mass is 480 g/mol. The van der Waals surface area contributed by atoms with Crippen molar-refractivity contribution in [2.24, 2.45) is 17.8 Å². The van der Waals surface area contributed by atoms with Crippen LogP contribution >= 0.6 is 0 Å². The number of ether oxygens (including phenoxy) is 2. The van der Waals surface area contributed by atoms with Crippen LogP contribution in [-0.4, -0.2) is 41.2 Å². The molecular formula is C26H32N4O5. The van der Waals surface area contributed by atoms with Gasteiger partial charge in [-0.25, -0.2) is 9.78 Å². The summed E-state index contributed by atoms with van der Waals surface area (Å²) in [5.41, 5.74) is 0.966. The predicted molar refractivity (Wildman–Crippen MR) is 131 cm³/mol. The molecule has 0 radical (unpaired) electrons. The van der Waals surface area contributed by atoms with E-state index >= 15 is 0 Å². The maximum absolute atomic E-state index is 12.8. The lowest BCUT2D eigenvalue weighted by molar-refractivity contribution is -0.383. The van der Waals surface area contributed by atoms with Gasteiger partial charge in [-0.1, -0.05) is 30.3 Å². The van der Waals surface area contributed by atoms with E-state index in [1.165, 1.54) is 6.20 Å². The summed E-state index contributed by atoms with van der Waals surface area (Å²) in [4.78, 5) is 29.0. The maximum atomic E-state index is 12.8. The molecule has 3 unspecified atom stereocenters. The van der Waals surface area contributed by atoms with E-state index in [1.807, 2.05) is 30.3 Å². The first-order valence-corrected chi connectivity index (χ1v) is 12.4. The van der Waals surface area contributed by atoms with Gasteiger partial charge >= 0.3 is 11.7 Å². The molecule has 0 spiro atoms. The predicted octanol–water partition coefficient (Wildman–Crippen LogP) is 4.78. The summed E-state index contributed by atoms with van der Waals surface area (Å²) in [6.07, 6.45) is 6.49. The van der Waals surface area contributed by atoms with Crippen molar-refractivity contribution in [1.82, 2.24) is 4.98 Å². The Bertz CT molecular complexity index is 1090. The van der Waals surface area contributed by atoms with Crippen LogP contribution in [-0.2, 0) is 16.0 Å². The highest BCUT2D eigenvalue weighted by Crippen LogP contribution is 2.58. The Labute approximate surface area is 204 Å². The number of nitrogens with zero attached hydrogens (tertiary/aromatic N) is 2. The molecule has 4 fully saturated rings. The zero-order valence-electron chi connectivity index (χ0n) is 20.2. The third kappa shape index (κ3) is 4.45. The lowest BCUT2D eigenvalue weighted by Crippen LogP contribution is -2.59. The standard InChI is InChI=1S/C26H32N4O5/c1-3-35-25(31)20-15-28-24(27-14-16-7-5-4-6-8-16)23(30(32)33)22(20)29-21-18-9-17-10-19(21)13-26(11-17,12-18)34-2/h4-8,15,17-19,21H,3,9-14H2,1-2H3,(H2,27,28,29)/t17?,18-,19+,21?,26?. The molecule has 2 aromatic rings. The van der Waals surface area contributed by atoms with E-state index in [9.17, 15) is 14.9 Å². The second-order valence-corrected chi connectivity index (χ2v) is 10.1. The molecule has 1 heterocycles. The second kappa shape index (κ2) is 9.45. The van der Waals surface area contributed by atoms with Gasteiger partial charge < -0.3 is 20.1 Å². The van der Waals surface area contributed by atoms with Crippen molar-refractivity contribution in [2.45, 2.75) is 57.2 Å². The number of aromatic nitrogens is 1. The number of benzene rings is 1. The molecule has 6 rings (SSSR count). The zero-order chi connectivity index (χ0) is 24.6. The lowest BCUT2D eigenvalue weighted by Gasteiger charge is -2.59. The molecule has 2 N–H and O–H groups in total. The Morgan fingerprint density at radius 2 is 1.91 bits per heavy atom. The summed E-state index contributed by atoms with van der Waals surface area (Å²) in [5.74, 6) is 0.823. The van der Waals surface area contributed by atoms with Crippen molar-refractivity contribution in [3.05, 3.63) is 57.8 Å². The summed E-state index contributed by atoms with van der Waals surface area (Å²) < 4.78 is 11.2. The van der Waals surface area contributed by atoms with E-state index in [1.54, 1.807) is 14.0 Å². The average molecular weight is 481 g/mol. The van der Waals surface area contributed by atoms with Crippen LogP contribution < -0.4 is 10.6 Å². The van der Waals surface area contributed by atoms with Gasteiger partial charge in [0, 0.05) is 25.9 Å². The molecule has 0 saturated heterocycles. The van der Waals surface area contributed by atoms with E-state index in [4.69, 9.17) is 9.47 Å². The van der Waals surface area contributed by atoms with Crippen LogP contribution in [0.5, 0.6) is 0 Å². The number of carbonyl (C=O) groups is 1. The van der Waals surface area contributed by atoms with Crippen LogP contribution in [0.2, 0.25) is 0 Å². The number of nitro groups is 1. The molecule has 4 aliphatic rings. The smallest absolute Gasteiger partial charge is 0.342 e. The molecule has 1 aromatic carbocycles. The van der Waals surface area contributed by atoms with Gasteiger partial charge in [-0.05, 0) is 62.3 Å². The van der Waals surface area contributed by atoms with Gasteiger partial charge in [0.25, 0.3) is 0 Å². The minimum atomic E-state index is -0.614. The number of carbonyl (C=O) groups excluding carboxylic acids is 1.